The molecule has 2 rings (SSSR count). The lowest BCUT2D eigenvalue weighted by atomic mass is 10.1. The molecule has 1 fully saturated rings. The molecule has 2 N–H and O–H groups in total. The second-order valence-corrected chi connectivity index (χ2v) is 5.51. The van der Waals surface area contributed by atoms with Crippen LogP contribution in [0.4, 0.5) is 10.5 Å². The summed E-state index contributed by atoms with van der Waals surface area (Å²) in [6.45, 7) is 3.91. The Hall–Kier alpha value is -1.79. The number of rotatable bonds is 5. The number of nitrogens with one attached hydrogen (secondary N) is 1. The molecule has 0 aromatic heterocycles. The van der Waals surface area contributed by atoms with E-state index < -0.39 is 6.10 Å². The highest BCUT2D eigenvalue weighted by Crippen LogP contribution is 2.26. The van der Waals surface area contributed by atoms with Gasteiger partial charge in [0.05, 0.1) is 18.4 Å². The summed E-state index contributed by atoms with van der Waals surface area (Å²) in [4.78, 5) is 13.9. The number of β-amino-alcohol motifs (C(OH)–C–C–N with tert-alkyl or cyclic N) is 1. The van der Waals surface area contributed by atoms with Gasteiger partial charge in [-0.15, -0.1) is 0 Å². The van der Waals surface area contributed by atoms with E-state index in [1.807, 2.05) is 25.1 Å². The Balaban J connectivity index is 2.02. The van der Waals surface area contributed by atoms with Crippen LogP contribution in [0.3, 0.4) is 0 Å². The van der Waals surface area contributed by atoms with E-state index in [2.05, 4.69) is 5.32 Å². The Morgan fingerprint density at radius 1 is 1.45 bits per heavy atom. The van der Waals surface area contributed by atoms with Crippen LogP contribution in [-0.2, 0) is 4.74 Å². The molecule has 1 aromatic rings. The fourth-order valence-corrected chi connectivity index (χ4v) is 2.42. The van der Waals surface area contributed by atoms with Gasteiger partial charge in [-0.3, -0.25) is 0 Å². The zero-order valence-electron chi connectivity index (χ0n) is 13.2. The SMILES string of the molecule is COCCOc1cc(C)ccc1NC(=O)N1CCC[C@@H](O)C1. The lowest BCUT2D eigenvalue weighted by Crippen LogP contribution is -2.44. The number of aliphatic hydroxyl groups excluding tert-OH is 1. The fraction of sp³-hybridized carbons (Fsp3) is 0.562. The Bertz CT molecular complexity index is 507. The molecule has 0 radical (unpaired) electrons. The van der Waals surface area contributed by atoms with Crippen LogP contribution in [0.25, 0.3) is 0 Å². The molecule has 0 unspecified atom stereocenters. The lowest BCUT2D eigenvalue weighted by molar-refractivity contribution is 0.0883. The number of hydrogen-bond donors (Lipinski definition) is 2. The zero-order valence-corrected chi connectivity index (χ0v) is 13.2. The van der Waals surface area contributed by atoms with Crippen molar-refractivity contribution in [3.8, 4) is 5.75 Å². The van der Waals surface area contributed by atoms with Crippen molar-refractivity contribution < 1.29 is 19.4 Å². The van der Waals surface area contributed by atoms with E-state index in [0.29, 0.717) is 37.7 Å². The third kappa shape index (κ3) is 4.61. The quantitative estimate of drug-likeness (QED) is 0.816. The van der Waals surface area contributed by atoms with Crippen LogP contribution >= 0.6 is 0 Å². The van der Waals surface area contributed by atoms with Gasteiger partial charge in [-0.25, -0.2) is 4.79 Å². The van der Waals surface area contributed by atoms with Gasteiger partial charge >= 0.3 is 6.03 Å². The van der Waals surface area contributed by atoms with Gasteiger partial charge in [0, 0.05) is 20.2 Å². The van der Waals surface area contributed by atoms with E-state index in [4.69, 9.17) is 9.47 Å². The van der Waals surface area contributed by atoms with E-state index >= 15 is 0 Å². The predicted octanol–water partition coefficient (Wildman–Crippen LogP) is 2.01. The normalized spacial score (nSPS) is 18.1. The van der Waals surface area contributed by atoms with Gasteiger partial charge in [-0.05, 0) is 37.5 Å². The number of methoxy groups -OCH3 is 1. The first-order valence-corrected chi connectivity index (χ1v) is 7.56. The molecule has 1 heterocycles. The summed E-state index contributed by atoms with van der Waals surface area (Å²) >= 11 is 0. The average Bonchev–Trinajstić information content (AvgIpc) is 2.50. The first kappa shape index (κ1) is 16.6. The molecule has 1 aliphatic heterocycles. The van der Waals surface area contributed by atoms with Crippen molar-refractivity contribution in [2.45, 2.75) is 25.9 Å². The number of likely N-dealkylation sites (tertiary alicyclic amines) is 1. The van der Waals surface area contributed by atoms with Gasteiger partial charge in [-0.2, -0.15) is 0 Å². The molecule has 6 nitrogen and oxygen atoms in total. The van der Waals surface area contributed by atoms with E-state index in [-0.39, 0.29) is 6.03 Å². The lowest BCUT2D eigenvalue weighted by Gasteiger charge is -2.30. The van der Waals surface area contributed by atoms with Gasteiger partial charge < -0.3 is 24.8 Å². The molecule has 6 heteroatoms. The molecule has 0 spiro atoms. The summed E-state index contributed by atoms with van der Waals surface area (Å²) in [7, 11) is 1.62. The summed E-state index contributed by atoms with van der Waals surface area (Å²) in [6.07, 6.45) is 1.13. The Labute approximate surface area is 131 Å². The van der Waals surface area contributed by atoms with Crippen LogP contribution in [0, 0.1) is 6.92 Å². The predicted molar refractivity (Wildman–Crippen MR) is 84.4 cm³/mol. The highest BCUT2D eigenvalue weighted by Gasteiger charge is 2.22. The van der Waals surface area contributed by atoms with E-state index in [1.165, 1.54) is 0 Å². The summed E-state index contributed by atoms with van der Waals surface area (Å²) in [6, 6.07) is 5.43. The highest BCUT2D eigenvalue weighted by atomic mass is 16.5. The van der Waals surface area contributed by atoms with Crippen molar-refractivity contribution in [1.82, 2.24) is 4.90 Å². The number of carbonyl (C=O) groups is 1. The standard InChI is InChI=1S/C16H24N2O4/c1-12-5-6-14(15(10-12)22-9-8-21-2)17-16(20)18-7-3-4-13(19)11-18/h5-6,10,13,19H,3-4,7-9,11H2,1-2H3,(H,17,20)/t13-/m1/s1. The first-order chi connectivity index (χ1) is 10.6. The molecule has 0 saturated carbocycles. The third-order valence-corrected chi connectivity index (χ3v) is 3.61. The molecule has 1 saturated heterocycles. The van der Waals surface area contributed by atoms with Gasteiger partial charge in [-0.1, -0.05) is 6.07 Å². The van der Waals surface area contributed by atoms with Crippen LogP contribution in [0.1, 0.15) is 18.4 Å². The first-order valence-electron chi connectivity index (χ1n) is 7.56. The Morgan fingerprint density at radius 2 is 2.27 bits per heavy atom. The molecule has 1 aromatic carbocycles. The smallest absolute Gasteiger partial charge is 0.322 e. The van der Waals surface area contributed by atoms with Gasteiger partial charge in [0.1, 0.15) is 12.4 Å². The number of urea groups is 1. The number of piperidine rings is 1. The van der Waals surface area contributed by atoms with E-state index in [0.717, 1.165) is 18.4 Å². The van der Waals surface area contributed by atoms with Crippen molar-refractivity contribution >= 4 is 11.7 Å². The van der Waals surface area contributed by atoms with Crippen molar-refractivity contribution in [2.24, 2.45) is 0 Å². The van der Waals surface area contributed by atoms with Crippen molar-refractivity contribution in [3.05, 3.63) is 23.8 Å². The second-order valence-electron chi connectivity index (χ2n) is 5.51. The number of nitrogens with zero attached hydrogens (tertiary/aromatic N) is 1. The number of anilines is 1. The maximum Gasteiger partial charge on any atom is 0.322 e. The maximum atomic E-state index is 12.3. The number of hydrogen-bond acceptors (Lipinski definition) is 4. The van der Waals surface area contributed by atoms with E-state index in [9.17, 15) is 9.90 Å². The monoisotopic (exact) mass is 308 g/mol. The minimum Gasteiger partial charge on any atom is -0.489 e. The van der Waals surface area contributed by atoms with Crippen LogP contribution < -0.4 is 10.1 Å². The molecule has 22 heavy (non-hydrogen) atoms. The van der Waals surface area contributed by atoms with Crippen LogP contribution in [-0.4, -0.2) is 55.6 Å². The second kappa shape index (κ2) is 8.00. The Morgan fingerprint density at radius 3 is 3.00 bits per heavy atom. The van der Waals surface area contributed by atoms with Crippen LogP contribution in [0.2, 0.25) is 0 Å². The molecule has 2 amide bonds. The molecule has 122 valence electrons. The number of benzene rings is 1. The van der Waals surface area contributed by atoms with Crippen LogP contribution in [0.15, 0.2) is 18.2 Å². The topological polar surface area (TPSA) is 71.0 Å². The molecular weight excluding hydrogens is 284 g/mol. The van der Waals surface area contributed by atoms with Crippen molar-refractivity contribution in [3.63, 3.8) is 0 Å². The summed E-state index contributed by atoms with van der Waals surface area (Å²) in [5, 5.41) is 12.5. The summed E-state index contributed by atoms with van der Waals surface area (Å²) in [5.74, 6) is 0.628. The summed E-state index contributed by atoms with van der Waals surface area (Å²) in [5.41, 5.74) is 1.69. The minimum atomic E-state index is -0.435. The average molecular weight is 308 g/mol. The maximum absolute atomic E-state index is 12.3. The minimum absolute atomic E-state index is 0.209. The number of aliphatic hydroxyl groups is 1. The fourth-order valence-electron chi connectivity index (χ4n) is 2.42. The van der Waals surface area contributed by atoms with Crippen molar-refractivity contribution in [2.75, 3.05) is 38.7 Å². The number of carbonyl (C=O) groups excluding carboxylic acids is 1. The number of aryl methyl sites for hydroxylation is 1. The number of ether oxygens (including phenoxy) is 2. The molecule has 0 aliphatic carbocycles. The van der Waals surface area contributed by atoms with E-state index in [1.54, 1.807) is 12.0 Å². The Kier molecular flexibility index (Phi) is 6.03. The largest absolute Gasteiger partial charge is 0.489 e. The third-order valence-electron chi connectivity index (χ3n) is 3.61. The summed E-state index contributed by atoms with van der Waals surface area (Å²) < 4.78 is 10.6. The van der Waals surface area contributed by atoms with Crippen molar-refractivity contribution in [1.29, 1.82) is 0 Å². The molecule has 1 aliphatic rings. The van der Waals surface area contributed by atoms with Gasteiger partial charge in [0.15, 0.2) is 0 Å². The molecule has 0 bridgehead atoms. The zero-order chi connectivity index (χ0) is 15.9. The molecule has 1 atom stereocenters. The highest BCUT2D eigenvalue weighted by molar-refractivity contribution is 5.91. The van der Waals surface area contributed by atoms with Gasteiger partial charge in [0.25, 0.3) is 0 Å². The van der Waals surface area contributed by atoms with Gasteiger partial charge in [0.2, 0.25) is 0 Å². The van der Waals surface area contributed by atoms with Crippen LogP contribution in [0.5, 0.6) is 5.75 Å². The molecular formula is C16H24N2O4. The number of amides is 2.